The molecule has 2 rings (SSSR count). The summed E-state index contributed by atoms with van der Waals surface area (Å²) in [5, 5.41) is 14.3. The van der Waals surface area contributed by atoms with Crippen molar-refractivity contribution in [3.63, 3.8) is 0 Å². The van der Waals surface area contributed by atoms with Gasteiger partial charge in [-0.05, 0) is 36.6 Å². The Morgan fingerprint density at radius 3 is 2.64 bits per heavy atom. The first-order valence-corrected chi connectivity index (χ1v) is 8.74. The van der Waals surface area contributed by atoms with E-state index in [1.54, 1.807) is 12.1 Å². The Balaban J connectivity index is 1.85. The first-order valence-electron chi connectivity index (χ1n) is 8.74. The van der Waals surface area contributed by atoms with E-state index in [4.69, 9.17) is 5.11 Å². The summed E-state index contributed by atoms with van der Waals surface area (Å²) in [5.41, 5.74) is 2.05. The van der Waals surface area contributed by atoms with Gasteiger partial charge >= 0.3 is 5.97 Å². The van der Waals surface area contributed by atoms with Crippen LogP contribution in [0, 0.1) is 0 Å². The highest BCUT2D eigenvalue weighted by molar-refractivity contribution is 5.98. The molecular weight excluding hydrogens is 320 g/mol. The fourth-order valence-corrected chi connectivity index (χ4v) is 3.10. The molecule has 6 heteroatoms. The molecule has 0 bridgehead atoms. The maximum atomic E-state index is 12.3. The number of aliphatic carboxylic acids is 1. The van der Waals surface area contributed by atoms with Crippen LogP contribution in [0.1, 0.15) is 68.3 Å². The third-order valence-corrected chi connectivity index (χ3v) is 4.49. The minimum Gasteiger partial charge on any atom is -0.481 e. The number of carbonyl (C=O) groups excluding carboxylic acids is 2. The van der Waals surface area contributed by atoms with Gasteiger partial charge in [0.25, 0.3) is 5.91 Å². The average Bonchev–Trinajstić information content (AvgIpc) is 2.52. The molecule has 0 radical (unpaired) electrons. The number of anilines is 1. The van der Waals surface area contributed by atoms with Gasteiger partial charge in [-0.2, -0.15) is 0 Å². The summed E-state index contributed by atoms with van der Waals surface area (Å²) in [7, 11) is 0. The van der Waals surface area contributed by atoms with Crippen molar-refractivity contribution in [2.24, 2.45) is 0 Å². The van der Waals surface area contributed by atoms with Crippen LogP contribution in [0.5, 0.6) is 0 Å². The van der Waals surface area contributed by atoms with Crippen molar-refractivity contribution in [1.82, 2.24) is 5.32 Å². The third-order valence-electron chi connectivity index (χ3n) is 4.49. The van der Waals surface area contributed by atoms with Crippen molar-refractivity contribution >= 4 is 23.5 Å². The number of hydrogen-bond acceptors (Lipinski definition) is 3. The summed E-state index contributed by atoms with van der Waals surface area (Å²) in [5.74, 6) is -0.890. The van der Waals surface area contributed by atoms with Gasteiger partial charge < -0.3 is 15.7 Å². The van der Waals surface area contributed by atoms with E-state index in [9.17, 15) is 14.4 Å². The fraction of sp³-hybridized carbons (Fsp3) is 0.526. The van der Waals surface area contributed by atoms with E-state index in [0.717, 1.165) is 30.5 Å². The van der Waals surface area contributed by atoms with Gasteiger partial charge in [0.15, 0.2) is 0 Å². The standard InChI is InChI=1S/C19H26N2O4/c1-19(2)12-16(22)21-15-9-8-13(11-14(15)19)18(25)20-10-6-4-3-5-7-17(23)24/h8-9,11H,3-7,10,12H2,1-2H3,(H,20,25)(H,21,22)(H,23,24). The Morgan fingerprint density at radius 1 is 1.20 bits per heavy atom. The number of fused-ring (bicyclic) bond motifs is 1. The van der Waals surface area contributed by atoms with Crippen LogP contribution in [-0.2, 0) is 15.0 Å². The molecule has 2 amide bonds. The molecule has 1 heterocycles. The SMILES string of the molecule is CC1(C)CC(=O)Nc2ccc(C(=O)NCCCCCCC(=O)O)cc21. The van der Waals surface area contributed by atoms with Gasteiger partial charge in [-0.1, -0.05) is 26.7 Å². The Morgan fingerprint density at radius 2 is 1.92 bits per heavy atom. The van der Waals surface area contributed by atoms with Crippen molar-refractivity contribution in [3.05, 3.63) is 29.3 Å². The molecule has 0 aliphatic carbocycles. The summed E-state index contributed by atoms with van der Waals surface area (Å²) < 4.78 is 0. The summed E-state index contributed by atoms with van der Waals surface area (Å²) in [6.45, 7) is 4.58. The first kappa shape index (κ1) is 19.0. The average molecular weight is 346 g/mol. The van der Waals surface area contributed by atoms with Gasteiger partial charge in [-0.3, -0.25) is 14.4 Å². The first-order chi connectivity index (χ1) is 11.8. The van der Waals surface area contributed by atoms with Crippen LogP contribution in [0.4, 0.5) is 5.69 Å². The Hall–Kier alpha value is -2.37. The van der Waals surface area contributed by atoms with Gasteiger partial charge in [-0.25, -0.2) is 0 Å². The Kier molecular flexibility index (Phi) is 6.17. The molecule has 1 aromatic rings. The Labute approximate surface area is 148 Å². The normalized spacial score (nSPS) is 15.2. The number of carbonyl (C=O) groups is 3. The second-order valence-corrected chi connectivity index (χ2v) is 7.18. The predicted octanol–water partition coefficient (Wildman–Crippen LogP) is 3.07. The molecule has 1 aliphatic rings. The van der Waals surface area contributed by atoms with Crippen molar-refractivity contribution in [3.8, 4) is 0 Å². The zero-order chi connectivity index (χ0) is 18.4. The van der Waals surface area contributed by atoms with Crippen LogP contribution in [0.2, 0.25) is 0 Å². The third kappa shape index (κ3) is 5.31. The summed E-state index contributed by atoms with van der Waals surface area (Å²) in [6, 6.07) is 5.37. The van der Waals surface area contributed by atoms with Crippen molar-refractivity contribution < 1.29 is 19.5 Å². The molecule has 0 aromatic heterocycles. The molecule has 136 valence electrons. The lowest BCUT2D eigenvalue weighted by Gasteiger charge is -2.32. The van der Waals surface area contributed by atoms with Crippen molar-refractivity contribution in [2.75, 3.05) is 11.9 Å². The number of unbranched alkanes of at least 4 members (excludes halogenated alkanes) is 3. The highest BCUT2D eigenvalue weighted by Gasteiger charge is 2.32. The van der Waals surface area contributed by atoms with Crippen LogP contribution >= 0.6 is 0 Å². The topological polar surface area (TPSA) is 95.5 Å². The number of amides is 2. The van der Waals surface area contributed by atoms with Gasteiger partial charge in [0.2, 0.25) is 5.91 Å². The summed E-state index contributed by atoms with van der Waals surface area (Å²) >= 11 is 0. The number of carboxylic acids is 1. The molecule has 0 spiro atoms. The van der Waals surface area contributed by atoms with Crippen LogP contribution in [0.25, 0.3) is 0 Å². The van der Waals surface area contributed by atoms with Gasteiger partial charge in [0, 0.05) is 36.1 Å². The maximum Gasteiger partial charge on any atom is 0.303 e. The fourth-order valence-electron chi connectivity index (χ4n) is 3.10. The van der Waals surface area contributed by atoms with Crippen LogP contribution < -0.4 is 10.6 Å². The summed E-state index contributed by atoms with van der Waals surface area (Å²) in [4.78, 5) is 34.5. The number of nitrogens with one attached hydrogen (secondary N) is 2. The number of rotatable bonds is 8. The van der Waals surface area contributed by atoms with Crippen molar-refractivity contribution in [2.45, 2.75) is 57.8 Å². The van der Waals surface area contributed by atoms with E-state index in [2.05, 4.69) is 10.6 Å². The highest BCUT2D eigenvalue weighted by atomic mass is 16.4. The highest BCUT2D eigenvalue weighted by Crippen LogP contribution is 2.37. The molecule has 1 aromatic carbocycles. The zero-order valence-electron chi connectivity index (χ0n) is 14.9. The molecular formula is C19H26N2O4. The zero-order valence-corrected chi connectivity index (χ0v) is 14.9. The second-order valence-electron chi connectivity index (χ2n) is 7.18. The second kappa shape index (κ2) is 8.14. The molecule has 0 fully saturated rings. The maximum absolute atomic E-state index is 12.3. The monoisotopic (exact) mass is 346 g/mol. The van der Waals surface area contributed by atoms with Gasteiger partial charge in [0.1, 0.15) is 0 Å². The minimum atomic E-state index is -0.764. The van der Waals surface area contributed by atoms with E-state index < -0.39 is 5.97 Å². The lowest BCUT2D eigenvalue weighted by Crippen LogP contribution is -2.33. The quantitative estimate of drug-likeness (QED) is 0.630. The van der Waals surface area contributed by atoms with Crippen LogP contribution in [-0.4, -0.2) is 29.4 Å². The van der Waals surface area contributed by atoms with E-state index >= 15 is 0 Å². The van der Waals surface area contributed by atoms with E-state index in [1.807, 2.05) is 19.9 Å². The molecule has 6 nitrogen and oxygen atoms in total. The number of carboxylic acid groups (broad SMARTS) is 1. The molecule has 25 heavy (non-hydrogen) atoms. The molecule has 0 atom stereocenters. The van der Waals surface area contributed by atoms with E-state index in [0.29, 0.717) is 24.9 Å². The smallest absolute Gasteiger partial charge is 0.303 e. The molecule has 0 saturated heterocycles. The molecule has 3 N–H and O–H groups in total. The lowest BCUT2D eigenvalue weighted by atomic mass is 9.77. The Bertz CT molecular complexity index is 667. The number of hydrogen-bond donors (Lipinski definition) is 3. The van der Waals surface area contributed by atoms with E-state index in [-0.39, 0.29) is 23.7 Å². The van der Waals surface area contributed by atoms with Crippen LogP contribution in [0.15, 0.2) is 18.2 Å². The number of benzene rings is 1. The predicted molar refractivity (Wildman–Crippen MR) is 95.8 cm³/mol. The van der Waals surface area contributed by atoms with E-state index in [1.165, 1.54) is 0 Å². The molecule has 0 unspecified atom stereocenters. The lowest BCUT2D eigenvalue weighted by molar-refractivity contribution is -0.137. The molecule has 0 saturated carbocycles. The van der Waals surface area contributed by atoms with Crippen molar-refractivity contribution in [1.29, 1.82) is 0 Å². The van der Waals surface area contributed by atoms with Crippen LogP contribution in [0.3, 0.4) is 0 Å². The largest absolute Gasteiger partial charge is 0.481 e. The van der Waals surface area contributed by atoms with Gasteiger partial charge in [-0.15, -0.1) is 0 Å². The van der Waals surface area contributed by atoms with Gasteiger partial charge in [0.05, 0.1) is 0 Å². The molecule has 1 aliphatic heterocycles. The minimum absolute atomic E-state index is 0.00222. The summed E-state index contributed by atoms with van der Waals surface area (Å²) in [6.07, 6.45) is 3.87.